The molecule has 0 radical (unpaired) electrons. The summed E-state index contributed by atoms with van der Waals surface area (Å²) in [5, 5.41) is 4.22. The number of fused-ring (bicyclic) bond motifs is 1. The van der Waals surface area contributed by atoms with Crippen molar-refractivity contribution in [2.45, 2.75) is 24.0 Å². The number of benzene rings is 1. The van der Waals surface area contributed by atoms with E-state index >= 15 is 0 Å². The topological polar surface area (TPSA) is 74.3 Å². The van der Waals surface area contributed by atoms with Gasteiger partial charge in [0, 0.05) is 48.1 Å². The highest BCUT2D eigenvalue weighted by Crippen LogP contribution is 2.35. The van der Waals surface area contributed by atoms with Gasteiger partial charge in [0.25, 0.3) is 10.0 Å². The number of nitrogens with zero attached hydrogens (tertiary/aromatic N) is 2. The van der Waals surface area contributed by atoms with Crippen LogP contribution < -0.4 is 14.9 Å². The van der Waals surface area contributed by atoms with E-state index in [1.165, 1.54) is 16.9 Å². The van der Waals surface area contributed by atoms with E-state index in [4.69, 9.17) is 0 Å². The number of halogens is 1. The Kier molecular flexibility index (Phi) is 6.68. The number of nitrogens with one attached hydrogen (secondary N) is 2. The zero-order valence-electron chi connectivity index (χ0n) is 16.4. The Hall–Kier alpha value is -1.87. The molecule has 1 aliphatic rings. The standard InChI is InChI=1S/C20H24N4O2S2.ClH/c1-14(2)15-3-5-16(6-4-15)23-28(25,26)19-13-17-18(27-19)7-8-22-20(17)24-11-9-21-10-12-24;/h3-8,13-14,21,23H,9-12H2,1-2H3;1H. The summed E-state index contributed by atoms with van der Waals surface area (Å²) in [6, 6.07) is 11.2. The van der Waals surface area contributed by atoms with Crippen molar-refractivity contribution in [3.05, 3.63) is 48.2 Å². The first kappa shape index (κ1) is 21.8. The van der Waals surface area contributed by atoms with Gasteiger partial charge in [0.05, 0.1) is 0 Å². The quantitative estimate of drug-likeness (QED) is 0.610. The number of hydrogen-bond donors (Lipinski definition) is 2. The molecular formula is C20H25ClN4O2S2. The number of rotatable bonds is 5. The van der Waals surface area contributed by atoms with Crippen LogP contribution in [0, 0.1) is 0 Å². The van der Waals surface area contributed by atoms with Crippen molar-refractivity contribution in [3.63, 3.8) is 0 Å². The molecule has 29 heavy (non-hydrogen) atoms. The first-order valence-electron chi connectivity index (χ1n) is 9.41. The molecule has 0 unspecified atom stereocenters. The second-order valence-electron chi connectivity index (χ2n) is 7.23. The van der Waals surface area contributed by atoms with Crippen LogP contribution in [0.5, 0.6) is 0 Å². The molecule has 0 amide bonds. The molecule has 1 aliphatic heterocycles. The van der Waals surface area contributed by atoms with E-state index in [0.29, 0.717) is 15.8 Å². The van der Waals surface area contributed by atoms with Gasteiger partial charge in [-0.25, -0.2) is 13.4 Å². The van der Waals surface area contributed by atoms with E-state index in [1.807, 2.05) is 30.3 Å². The van der Waals surface area contributed by atoms with Gasteiger partial charge in [-0.1, -0.05) is 26.0 Å². The van der Waals surface area contributed by atoms with Crippen molar-refractivity contribution >= 4 is 55.4 Å². The van der Waals surface area contributed by atoms with Crippen molar-refractivity contribution in [1.82, 2.24) is 10.3 Å². The number of aromatic nitrogens is 1. The van der Waals surface area contributed by atoms with Gasteiger partial charge in [0.2, 0.25) is 0 Å². The molecule has 156 valence electrons. The summed E-state index contributed by atoms with van der Waals surface area (Å²) in [5.41, 5.74) is 1.75. The Morgan fingerprint density at radius 1 is 1.14 bits per heavy atom. The summed E-state index contributed by atoms with van der Waals surface area (Å²) < 4.78 is 29.8. The molecule has 3 aromatic rings. The van der Waals surface area contributed by atoms with Crippen LogP contribution >= 0.6 is 23.7 Å². The lowest BCUT2D eigenvalue weighted by Gasteiger charge is -2.28. The highest BCUT2D eigenvalue weighted by Gasteiger charge is 2.21. The van der Waals surface area contributed by atoms with E-state index in [-0.39, 0.29) is 12.4 Å². The molecule has 1 aromatic carbocycles. The molecule has 2 aromatic heterocycles. The third kappa shape index (κ3) is 4.66. The predicted molar refractivity (Wildman–Crippen MR) is 123 cm³/mol. The molecule has 9 heteroatoms. The largest absolute Gasteiger partial charge is 0.354 e. The molecule has 0 spiro atoms. The number of hydrogen-bond acceptors (Lipinski definition) is 6. The molecular weight excluding hydrogens is 428 g/mol. The second-order valence-corrected chi connectivity index (χ2v) is 10.2. The zero-order chi connectivity index (χ0) is 19.7. The Balaban J connectivity index is 0.00000240. The van der Waals surface area contributed by atoms with Gasteiger partial charge in [-0.3, -0.25) is 4.72 Å². The van der Waals surface area contributed by atoms with Crippen LogP contribution in [0.4, 0.5) is 11.5 Å². The third-order valence-corrected chi connectivity index (χ3v) is 7.87. The van der Waals surface area contributed by atoms with Crippen LogP contribution in [0.15, 0.2) is 46.8 Å². The normalized spacial score (nSPS) is 14.8. The maximum Gasteiger partial charge on any atom is 0.271 e. The fourth-order valence-corrected chi connectivity index (χ4v) is 5.76. The Bertz CT molecular complexity index is 1080. The summed E-state index contributed by atoms with van der Waals surface area (Å²) in [6.07, 6.45) is 1.75. The van der Waals surface area contributed by atoms with Crippen molar-refractivity contribution < 1.29 is 8.42 Å². The van der Waals surface area contributed by atoms with Crippen molar-refractivity contribution in [3.8, 4) is 0 Å². The van der Waals surface area contributed by atoms with E-state index < -0.39 is 10.0 Å². The highest BCUT2D eigenvalue weighted by molar-refractivity contribution is 7.94. The molecule has 1 fully saturated rings. The molecule has 0 saturated carbocycles. The minimum Gasteiger partial charge on any atom is -0.354 e. The number of anilines is 2. The highest BCUT2D eigenvalue weighted by atomic mass is 35.5. The molecule has 1 saturated heterocycles. The number of piperazine rings is 1. The fraction of sp³-hybridized carbons (Fsp3) is 0.350. The van der Waals surface area contributed by atoms with Crippen LogP contribution in [-0.2, 0) is 10.0 Å². The predicted octanol–water partition coefficient (Wildman–Crippen LogP) is 4.05. The first-order valence-corrected chi connectivity index (χ1v) is 11.7. The Labute approximate surface area is 181 Å². The van der Waals surface area contributed by atoms with Gasteiger partial charge in [-0.15, -0.1) is 23.7 Å². The minimum atomic E-state index is -3.65. The van der Waals surface area contributed by atoms with Gasteiger partial charge in [0.15, 0.2) is 0 Å². The maximum atomic E-state index is 12.9. The van der Waals surface area contributed by atoms with Crippen molar-refractivity contribution in [1.29, 1.82) is 0 Å². The summed E-state index contributed by atoms with van der Waals surface area (Å²) >= 11 is 1.28. The van der Waals surface area contributed by atoms with Gasteiger partial charge in [-0.05, 0) is 35.7 Å². The third-order valence-electron chi connectivity index (χ3n) is 4.91. The second kappa shape index (κ2) is 8.87. The molecule has 6 nitrogen and oxygen atoms in total. The van der Waals surface area contributed by atoms with Gasteiger partial charge in [0.1, 0.15) is 10.0 Å². The van der Waals surface area contributed by atoms with Gasteiger partial charge in [-0.2, -0.15) is 0 Å². The summed E-state index contributed by atoms with van der Waals surface area (Å²) in [5.74, 6) is 1.27. The Morgan fingerprint density at radius 2 is 1.83 bits per heavy atom. The monoisotopic (exact) mass is 452 g/mol. The first-order chi connectivity index (χ1) is 13.4. The number of pyridine rings is 1. The molecule has 0 bridgehead atoms. The smallest absolute Gasteiger partial charge is 0.271 e. The fourth-order valence-electron chi connectivity index (χ4n) is 3.33. The average Bonchev–Trinajstić information content (AvgIpc) is 3.14. The van der Waals surface area contributed by atoms with Crippen LogP contribution in [0.3, 0.4) is 0 Å². The molecule has 0 aliphatic carbocycles. The SMILES string of the molecule is CC(C)c1ccc(NS(=O)(=O)c2cc3c(N4CCNCC4)nccc3s2)cc1.Cl. The number of thiophene rings is 1. The lowest BCUT2D eigenvalue weighted by Crippen LogP contribution is -2.43. The lowest BCUT2D eigenvalue weighted by atomic mass is 10.0. The van der Waals surface area contributed by atoms with E-state index in [0.717, 1.165) is 42.1 Å². The zero-order valence-corrected chi connectivity index (χ0v) is 18.8. The summed E-state index contributed by atoms with van der Waals surface area (Å²) in [7, 11) is -3.65. The minimum absolute atomic E-state index is 0. The van der Waals surface area contributed by atoms with Crippen LogP contribution in [0.1, 0.15) is 25.3 Å². The van der Waals surface area contributed by atoms with Gasteiger partial charge < -0.3 is 10.2 Å². The van der Waals surface area contributed by atoms with Crippen molar-refractivity contribution in [2.75, 3.05) is 35.8 Å². The molecule has 0 atom stereocenters. The average molecular weight is 453 g/mol. The van der Waals surface area contributed by atoms with Crippen LogP contribution in [0.2, 0.25) is 0 Å². The molecule has 4 rings (SSSR count). The van der Waals surface area contributed by atoms with E-state index in [2.05, 4.69) is 33.8 Å². The maximum absolute atomic E-state index is 12.9. The Morgan fingerprint density at radius 3 is 2.48 bits per heavy atom. The van der Waals surface area contributed by atoms with Crippen molar-refractivity contribution in [2.24, 2.45) is 0 Å². The van der Waals surface area contributed by atoms with E-state index in [9.17, 15) is 8.42 Å². The van der Waals surface area contributed by atoms with E-state index in [1.54, 1.807) is 12.3 Å². The number of sulfonamides is 1. The summed E-state index contributed by atoms with van der Waals surface area (Å²) in [4.78, 5) is 6.73. The molecule has 3 heterocycles. The summed E-state index contributed by atoms with van der Waals surface area (Å²) in [6.45, 7) is 7.76. The van der Waals surface area contributed by atoms with Crippen LogP contribution in [-0.4, -0.2) is 39.6 Å². The van der Waals surface area contributed by atoms with Crippen LogP contribution in [0.25, 0.3) is 10.1 Å². The lowest BCUT2D eigenvalue weighted by molar-refractivity contribution is 0.586. The molecule has 2 N–H and O–H groups in total. The van der Waals surface area contributed by atoms with Gasteiger partial charge >= 0.3 is 0 Å².